The third-order valence-corrected chi connectivity index (χ3v) is 3.91. The monoisotopic (exact) mass is 397 g/mol. The van der Waals surface area contributed by atoms with Gasteiger partial charge in [-0.3, -0.25) is 10.1 Å². The summed E-state index contributed by atoms with van der Waals surface area (Å²) in [4.78, 5) is 30.3. The molecular weight excluding hydrogens is 382 g/mol. The number of benzene rings is 2. The van der Waals surface area contributed by atoms with Gasteiger partial charge in [-0.1, -0.05) is 12.1 Å². The Kier molecular flexibility index (Phi) is 5.54. The summed E-state index contributed by atoms with van der Waals surface area (Å²) >= 11 is 0. The molecule has 3 rings (SSSR count). The smallest absolute Gasteiger partial charge is 0.340 e. The van der Waals surface area contributed by atoms with E-state index in [0.717, 1.165) is 0 Å². The van der Waals surface area contributed by atoms with E-state index in [1.54, 1.807) is 12.1 Å². The lowest BCUT2D eigenvalue weighted by Crippen LogP contribution is -2.05. The molecule has 0 aliphatic rings. The predicted molar refractivity (Wildman–Crippen MR) is 101 cm³/mol. The van der Waals surface area contributed by atoms with Crippen molar-refractivity contribution in [1.29, 1.82) is 0 Å². The van der Waals surface area contributed by atoms with Crippen LogP contribution in [0.1, 0.15) is 10.4 Å². The van der Waals surface area contributed by atoms with Crippen molar-refractivity contribution in [2.24, 2.45) is 0 Å². The first-order valence-corrected chi connectivity index (χ1v) is 8.19. The molecule has 0 aliphatic carbocycles. The number of non-ortho nitro benzene ring substituents is 1. The molecule has 0 saturated heterocycles. The number of hydrogen-bond donors (Lipinski definition) is 1. The molecule has 2 aromatic carbocycles. The summed E-state index contributed by atoms with van der Waals surface area (Å²) in [6, 6.07) is 11.4. The van der Waals surface area contributed by atoms with Crippen LogP contribution in [0, 0.1) is 10.1 Å². The van der Waals surface area contributed by atoms with Crippen LogP contribution in [0.4, 0.5) is 5.69 Å². The number of carboxylic acid groups (broad SMARTS) is 1. The topological polar surface area (TPSA) is 134 Å². The highest BCUT2D eigenvalue weighted by atomic mass is 16.6. The Morgan fingerprint density at radius 3 is 2.17 bits per heavy atom. The average Bonchev–Trinajstić information content (AvgIpc) is 2.73. The minimum absolute atomic E-state index is 0.0105. The highest BCUT2D eigenvalue weighted by Gasteiger charge is 2.20. The summed E-state index contributed by atoms with van der Waals surface area (Å²) in [5, 5.41) is 20.6. The van der Waals surface area contributed by atoms with Crippen molar-refractivity contribution in [3.63, 3.8) is 0 Å². The van der Waals surface area contributed by atoms with Gasteiger partial charge >= 0.3 is 12.0 Å². The van der Waals surface area contributed by atoms with E-state index in [4.69, 9.17) is 14.2 Å². The Morgan fingerprint density at radius 1 is 1.03 bits per heavy atom. The van der Waals surface area contributed by atoms with Crippen molar-refractivity contribution >= 4 is 11.7 Å². The molecule has 0 aliphatic heterocycles. The normalized spacial score (nSPS) is 10.3. The van der Waals surface area contributed by atoms with Crippen LogP contribution in [-0.2, 0) is 0 Å². The van der Waals surface area contributed by atoms with Gasteiger partial charge in [-0.15, -0.1) is 0 Å². The molecule has 10 nitrogen and oxygen atoms in total. The fraction of sp³-hybridized carbons (Fsp3) is 0.105. The number of carboxylic acids is 1. The first-order chi connectivity index (χ1) is 13.9. The molecule has 10 heteroatoms. The number of aromatic carboxylic acids is 1. The Morgan fingerprint density at radius 2 is 1.66 bits per heavy atom. The number of nitrogens with zero attached hydrogens (tertiary/aromatic N) is 3. The van der Waals surface area contributed by atoms with Gasteiger partial charge in [0.1, 0.15) is 11.3 Å². The van der Waals surface area contributed by atoms with Gasteiger partial charge in [0.15, 0.2) is 0 Å². The number of nitro benzene ring substituents is 1. The van der Waals surface area contributed by atoms with Crippen LogP contribution in [0.2, 0.25) is 0 Å². The molecule has 0 saturated carbocycles. The van der Waals surface area contributed by atoms with E-state index >= 15 is 0 Å². The highest BCUT2D eigenvalue weighted by molar-refractivity contribution is 5.99. The first kappa shape index (κ1) is 19.5. The zero-order valence-electron chi connectivity index (χ0n) is 15.4. The number of nitro groups is 1. The van der Waals surface area contributed by atoms with Crippen LogP contribution in [-0.4, -0.2) is 40.2 Å². The van der Waals surface area contributed by atoms with Crippen LogP contribution in [0.25, 0.3) is 11.1 Å². The maximum atomic E-state index is 11.9. The molecule has 0 bridgehead atoms. The summed E-state index contributed by atoms with van der Waals surface area (Å²) in [5.74, 6) is -0.905. The lowest BCUT2D eigenvalue weighted by molar-refractivity contribution is -0.384. The number of ether oxygens (including phenoxy) is 3. The Balaban J connectivity index is 2.06. The van der Waals surface area contributed by atoms with E-state index < -0.39 is 10.9 Å². The zero-order chi connectivity index (χ0) is 21.0. The van der Waals surface area contributed by atoms with Gasteiger partial charge in [-0.25, -0.2) is 4.79 Å². The third-order valence-electron chi connectivity index (χ3n) is 3.91. The van der Waals surface area contributed by atoms with Crippen molar-refractivity contribution < 1.29 is 29.0 Å². The molecule has 148 valence electrons. The Labute approximate surface area is 164 Å². The Hall–Kier alpha value is -4.21. The molecule has 0 radical (unpaired) electrons. The molecule has 0 unspecified atom stereocenters. The minimum Gasteiger partial charge on any atom is -0.481 e. The van der Waals surface area contributed by atoms with Crippen molar-refractivity contribution in [2.75, 3.05) is 14.2 Å². The molecule has 0 atom stereocenters. The van der Waals surface area contributed by atoms with Crippen molar-refractivity contribution in [3.05, 3.63) is 64.2 Å². The van der Waals surface area contributed by atoms with Gasteiger partial charge < -0.3 is 19.3 Å². The molecule has 3 aromatic rings. The van der Waals surface area contributed by atoms with Gasteiger partial charge in [0.2, 0.25) is 11.8 Å². The minimum atomic E-state index is -1.25. The summed E-state index contributed by atoms with van der Waals surface area (Å²) in [6.45, 7) is 0. The molecule has 1 aromatic heterocycles. The second-order valence-electron chi connectivity index (χ2n) is 5.63. The van der Waals surface area contributed by atoms with Crippen LogP contribution in [0.3, 0.4) is 0 Å². The van der Waals surface area contributed by atoms with Crippen LogP contribution < -0.4 is 14.2 Å². The summed E-state index contributed by atoms with van der Waals surface area (Å²) in [7, 11) is 2.81. The van der Waals surface area contributed by atoms with Crippen LogP contribution >= 0.6 is 0 Å². The maximum Gasteiger partial charge on any atom is 0.340 e. The maximum absolute atomic E-state index is 11.9. The van der Waals surface area contributed by atoms with Crippen LogP contribution in [0.15, 0.2) is 48.5 Å². The van der Waals surface area contributed by atoms with E-state index in [9.17, 15) is 20.0 Å². The van der Waals surface area contributed by atoms with Crippen molar-refractivity contribution in [1.82, 2.24) is 9.97 Å². The van der Waals surface area contributed by atoms with E-state index in [0.29, 0.717) is 11.1 Å². The molecule has 1 heterocycles. The van der Waals surface area contributed by atoms with Crippen molar-refractivity contribution in [3.8, 4) is 34.6 Å². The lowest BCUT2D eigenvalue weighted by atomic mass is 9.98. The number of methoxy groups -OCH3 is 2. The van der Waals surface area contributed by atoms with Gasteiger partial charge in [0.25, 0.3) is 5.69 Å². The van der Waals surface area contributed by atoms with Crippen LogP contribution in [0.5, 0.6) is 23.5 Å². The van der Waals surface area contributed by atoms with E-state index in [2.05, 4.69) is 9.97 Å². The van der Waals surface area contributed by atoms with Gasteiger partial charge in [0, 0.05) is 12.1 Å². The van der Waals surface area contributed by atoms with E-state index in [1.165, 1.54) is 50.6 Å². The fourth-order valence-electron chi connectivity index (χ4n) is 2.58. The largest absolute Gasteiger partial charge is 0.481 e. The predicted octanol–water partition coefficient (Wildman–Crippen LogP) is 3.56. The molecule has 0 spiro atoms. The van der Waals surface area contributed by atoms with Gasteiger partial charge in [-0.2, -0.15) is 9.97 Å². The zero-order valence-corrected chi connectivity index (χ0v) is 15.4. The number of hydrogen-bond acceptors (Lipinski definition) is 8. The van der Waals surface area contributed by atoms with Crippen molar-refractivity contribution in [2.45, 2.75) is 0 Å². The summed E-state index contributed by atoms with van der Waals surface area (Å²) in [6.07, 6.45) is 0. The second kappa shape index (κ2) is 8.21. The fourth-order valence-corrected chi connectivity index (χ4v) is 2.58. The molecule has 0 amide bonds. The first-order valence-electron chi connectivity index (χ1n) is 8.19. The third kappa shape index (κ3) is 4.21. The quantitative estimate of drug-likeness (QED) is 0.469. The van der Waals surface area contributed by atoms with E-state index in [-0.39, 0.29) is 34.8 Å². The number of rotatable bonds is 7. The number of carbonyl (C=O) groups is 1. The Bertz CT molecular complexity index is 1050. The van der Waals surface area contributed by atoms with Gasteiger partial charge in [-0.05, 0) is 29.3 Å². The number of aromatic nitrogens is 2. The van der Waals surface area contributed by atoms with Gasteiger partial charge in [0.05, 0.1) is 25.2 Å². The summed E-state index contributed by atoms with van der Waals surface area (Å²) in [5.41, 5.74) is 0.545. The second-order valence-corrected chi connectivity index (χ2v) is 5.63. The standard InChI is InChI=1S/C19H15N3O7/c1-27-15-10-16(28-2)21-19(20-15)29-14-5-3-4-13(17(14)18(23)24)11-6-8-12(9-7-11)22(25)26/h3-10H,1-2H3,(H,23,24). The molecule has 1 N–H and O–H groups in total. The van der Waals surface area contributed by atoms with E-state index in [1.807, 2.05) is 0 Å². The lowest BCUT2D eigenvalue weighted by Gasteiger charge is -2.13. The molecule has 29 heavy (non-hydrogen) atoms. The molecule has 0 fully saturated rings. The average molecular weight is 397 g/mol. The SMILES string of the molecule is COc1cc(OC)nc(Oc2cccc(-c3ccc([N+](=O)[O-])cc3)c2C(=O)O)n1. The highest BCUT2D eigenvalue weighted by Crippen LogP contribution is 2.34. The summed E-state index contributed by atoms with van der Waals surface area (Å²) < 4.78 is 15.7. The molecular formula is C19H15N3O7.